The standard InChI is InChI=1S/C14H21ClN4O4S/c1-17-6-8-19(9-7-17)16-14(20)12-10-11(4-5-13(12)15)24(21,22)18(2)23-3/h4-5,10H,6-9H2,1-3H3,(H,16,20)/p+1. The summed E-state index contributed by atoms with van der Waals surface area (Å²) in [7, 11) is 0.768. The molecule has 1 heterocycles. The quantitative estimate of drug-likeness (QED) is 0.643. The molecule has 0 spiro atoms. The number of carbonyl (C=O) groups excluding carboxylic acids is 1. The molecule has 1 amide bonds. The second kappa shape index (κ2) is 7.77. The molecule has 2 rings (SSSR count). The van der Waals surface area contributed by atoms with E-state index in [4.69, 9.17) is 16.4 Å². The van der Waals surface area contributed by atoms with E-state index in [1.165, 1.54) is 37.3 Å². The fourth-order valence-corrected chi connectivity index (χ4v) is 3.49. The molecule has 1 aliphatic rings. The lowest BCUT2D eigenvalue weighted by molar-refractivity contribution is -0.884. The van der Waals surface area contributed by atoms with Crippen molar-refractivity contribution in [2.24, 2.45) is 0 Å². The van der Waals surface area contributed by atoms with E-state index in [9.17, 15) is 13.2 Å². The van der Waals surface area contributed by atoms with Crippen molar-refractivity contribution in [3.05, 3.63) is 28.8 Å². The fraction of sp³-hybridized carbons (Fsp3) is 0.500. The third kappa shape index (κ3) is 4.24. The fourth-order valence-electron chi connectivity index (χ4n) is 2.29. The van der Waals surface area contributed by atoms with Crippen molar-refractivity contribution in [3.63, 3.8) is 0 Å². The van der Waals surface area contributed by atoms with Crippen molar-refractivity contribution in [1.82, 2.24) is 14.9 Å². The third-order valence-electron chi connectivity index (χ3n) is 3.95. The van der Waals surface area contributed by atoms with E-state index in [0.717, 1.165) is 30.6 Å². The summed E-state index contributed by atoms with van der Waals surface area (Å²) in [5.74, 6) is -0.434. The number of amides is 1. The maximum atomic E-state index is 12.5. The molecule has 0 radical (unpaired) electrons. The molecule has 1 aromatic rings. The van der Waals surface area contributed by atoms with Gasteiger partial charge >= 0.3 is 0 Å². The van der Waals surface area contributed by atoms with Crippen LogP contribution in [0, 0.1) is 0 Å². The van der Waals surface area contributed by atoms with Crippen molar-refractivity contribution in [1.29, 1.82) is 0 Å². The minimum atomic E-state index is -3.85. The Morgan fingerprint density at radius 1 is 1.38 bits per heavy atom. The van der Waals surface area contributed by atoms with Gasteiger partial charge in [0, 0.05) is 7.05 Å². The predicted octanol–water partition coefficient (Wildman–Crippen LogP) is -1.00. The van der Waals surface area contributed by atoms with Gasteiger partial charge in [-0.1, -0.05) is 16.1 Å². The number of carbonyl (C=O) groups is 1. The van der Waals surface area contributed by atoms with Gasteiger partial charge in [-0.3, -0.25) is 15.1 Å². The molecule has 0 atom stereocenters. The molecule has 1 fully saturated rings. The second-order valence-electron chi connectivity index (χ2n) is 5.62. The number of likely N-dealkylation sites (N-methyl/N-ethyl adjacent to an activating group) is 1. The number of nitrogens with zero attached hydrogens (tertiary/aromatic N) is 2. The number of benzene rings is 1. The number of sulfonamides is 1. The van der Waals surface area contributed by atoms with E-state index < -0.39 is 15.9 Å². The van der Waals surface area contributed by atoms with Gasteiger partial charge in [-0.15, -0.1) is 0 Å². The van der Waals surface area contributed by atoms with E-state index in [-0.39, 0.29) is 15.5 Å². The smallest absolute Gasteiger partial charge is 0.267 e. The first-order valence-electron chi connectivity index (χ1n) is 7.45. The average Bonchev–Trinajstić information content (AvgIpc) is 2.56. The molecular formula is C14H22ClN4O4S+. The van der Waals surface area contributed by atoms with Gasteiger partial charge in [0.25, 0.3) is 15.9 Å². The Morgan fingerprint density at radius 2 is 2.00 bits per heavy atom. The van der Waals surface area contributed by atoms with Crippen LogP contribution in [-0.2, 0) is 14.9 Å². The maximum absolute atomic E-state index is 12.5. The van der Waals surface area contributed by atoms with Gasteiger partial charge in [-0.2, -0.15) is 0 Å². The molecule has 1 saturated heterocycles. The minimum Gasteiger partial charge on any atom is -0.335 e. The summed E-state index contributed by atoms with van der Waals surface area (Å²) in [5, 5.41) is 2.00. The number of hydrogen-bond donors (Lipinski definition) is 2. The normalized spacial score (nSPS) is 17.2. The molecule has 0 aromatic heterocycles. The lowest BCUT2D eigenvalue weighted by Crippen LogP contribution is -3.12. The van der Waals surface area contributed by atoms with Crippen LogP contribution in [-0.4, -0.2) is 71.2 Å². The number of quaternary nitrogens is 1. The van der Waals surface area contributed by atoms with Crippen molar-refractivity contribution < 1.29 is 22.9 Å². The van der Waals surface area contributed by atoms with Gasteiger partial charge in [0.1, 0.15) is 0 Å². The Morgan fingerprint density at radius 3 is 2.58 bits per heavy atom. The first kappa shape index (κ1) is 19.1. The Labute approximate surface area is 146 Å². The van der Waals surface area contributed by atoms with Gasteiger partial charge in [0.15, 0.2) is 0 Å². The van der Waals surface area contributed by atoms with E-state index in [0.29, 0.717) is 0 Å². The number of rotatable bonds is 5. The molecule has 8 nitrogen and oxygen atoms in total. The highest BCUT2D eigenvalue weighted by molar-refractivity contribution is 7.89. The van der Waals surface area contributed by atoms with Crippen molar-refractivity contribution >= 4 is 27.5 Å². The largest absolute Gasteiger partial charge is 0.335 e. The molecule has 1 aromatic carbocycles. The number of hydrogen-bond acceptors (Lipinski definition) is 5. The van der Waals surface area contributed by atoms with Crippen LogP contribution in [0.2, 0.25) is 5.02 Å². The number of piperazine rings is 1. The topological polar surface area (TPSA) is 83.4 Å². The highest BCUT2D eigenvalue weighted by atomic mass is 35.5. The van der Waals surface area contributed by atoms with E-state index in [2.05, 4.69) is 12.5 Å². The highest BCUT2D eigenvalue weighted by Gasteiger charge is 2.25. The number of hydroxylamine groups is 1. The first-order chi connectivity index (χ1) is 11.3. The molecule has 0 aliphatic carbocycles. The van der Waals surface area contributed by atoms with Crippen LogP contribution in [0.5, 0.6) is 0 Å². The summed E-state index contributed by atoms with van der Waals surface area (Å²) >= 11 is 6.07. The van der Waals surface area contributed by atoms with Gasteiger partial charge in [-0.05, 0) is 18.2 Å². The van der Waals surface area contributed by atoms with Crippen LogP contribution < -0.4 is 10.3 Å². The number of nitrogens with one attached hydrogen (secondary N) is 2. The lowest BCUT2D eigenvalue weighted by atomic mass is 10.2. The van der Waals surface area contributed by atoms with Gasteiger partial charge in [-0.25, -0.2) is 13.4 Å². The average molecular weight is 378 g/mol. The predicted molar refractivity (Wildman–Crippen MR) is 89.1 cm³/mol. The summed E-state index contributed by atoms with van der Waals surface area (Å²) in [4.78, 5) is 18.5. The van der Waals surface area contributed by atoms with E-state index in [1.807, 2.05) is 5.01 Å². The summed E-state index contributed by atoms with van der Waals surface area (Å²) in [6.45, 7) is 3.28. The van der Waals surface area contributed by atoms with Gasteiger partial charge < -0.3 is 4.90 Å². The molecular weight excluding hydrogens is 356 g/mol. The molecule has 24 heavy (non-hydrogen) atoms. The summed E-state index contributed by atoms with van der Waals surface area (Å²) in [5.41, 5.74) is 2.88. The highest BCUT2D eigenvalue weighted by Crippen LogP contribution is 2.22. The molecule has 10 heteroatoms. The zero-order valence-electron chi connectivity index (χ0n) is 13.9. The second-order valence-corrected chi connectivity index (χ2v) is 7.97. The number of hydrazine groups is 1. The molecule has 1 aliphatic heterocycles. The summed E-state index contributed by atoms with van der Waals surface area (Å²) in [6, 6.07) is 3.98. The van der Waals surface area contributed by atoms with Crippen LogP contribution in [0.1, 0.15) is 10.4 Å². The third-order valence-corrected chi connectivity index (χ3v) is 5.96. The SMILES string of the molecule is CON(C)S(=O)(=O)c1ccc(Cl)c(C(=O)NN2CC[NH+](C)CC2)c1. The minimum absolute atomic E-state index is 0.0655. The van der Waals surface area contributed by atoms with E-state index >= 15 is 0 Å². The Kier molecular flexibility index (Phi) is 6.18. The van der Waals surface area contributed by atoms with Crippen LogP contribution >= 0.6 is 11.6 Å². The van der Waals surface area contributed by atoms with Crippen molar-refractivity contribution in [3.8, 4) is 0 Å². The zero-order valence-corrected chi connectivity index (χ0v) is 15.4. The molecule has 134 valence electrons. The van der Waals surface area contributed by atoms with Crippen LogP contribution in [0.15, 0.2) is 23.1 Å². The first-order valence-corrected chi connectivity index (χ1v) is 9.27. The Bertz CT molecular complexity index is 705. The monoisotopic (exact) mass is 377 g/mol. The Hall–Kier alpha value is -1.23. The number of halogens is 1. The Balaban J connectivity index is 2.21. The summed E-state index contributed by atoms with van der Waals surface area (Å²) in [6.07, 6.45) is 0. The van der Waals surface area contributed by atoms with E-state index in [1.54, 1.807) is 0 Å². The molecule has 0 unspecified atom stereocenters. The van der Waals surface area contributed by atoms with Crippen LogP contribution in [0.25, 0.3) is 0 Å². The molecule has 2 N–H and O–H groups in total. The van der Waals surface area contributed by atoms with Crippen LogP contribution in [0.4, 0.5) is 0 Å². The summed E-state index contributed by atoms with van der Waals surface area (Å²) < 4.78 is 25.3. The molecule has 0 saturated carbocycles. The van der Waals surface area contributed by atoms with Crippen molar-refractivity contribution in [2.75, 3.05) is 47.4 Å². The van der Waals surface area contributed by atoms with Crippen molar-refractivity contribution in [2.45, 2.75) is 4.90 Å². The maximum Gasteiger partial charge on any atom is 0.267 e. The van der Waals surface area contributed by atoms with Crippen LogP contribution in [0.3, 0.4) is 0 Å². The van der Waals surface area contributed by atoms with Gasteiger partial charge in [0.2, 0.25) is 0 Å². The van der Waals surface area contributed by atoms with Gasteiger partial charge in [0.05, 0.1) is 55.8 Å². The lowest BCUT2D eigenvalue weighted by Gasteiger charge is -2.30. The molecule has 0 bridgehead atoms. The zero-order chi connectivity index (χ0) is 17.9.